The molecule has 5 fully saturated rings. The van der Waals surface area contributed by atoms with Crippen LogP contribution in [0.2, 0.25) is 0 Å². The average Bonchev–Trinajstić information content (AvgIpc) is 2.38. The lowest BCUT2D eigenvalue weighted by Crippen LogP contribution is -2.48. The first-order chi connectivity index (χ1) is 9.22. The summed E-state index contributed by atoms with van der Waals surface area (Å²) in [6.45, 7) is 1.77. The second-order valence-corrected chi connectivity index (χ2v) is 8.11. The fraction of sp³-hybridized carbons (Fsp3) is 1.00. The van der Waals surface area contributed by atoms with Crippen LogP contribution in [0.1, 0.15) is 57.8 Å². The number of rotatable bonds is 3. The van der Waals surface area contributed by atoms with Crippen LogP contribution < -0.4 is 5.73 Å². The minimum Gasteiger partial charge on any atom is -0.381 e. The van der Waals surface area contributed by atoms with E-state index in [4.69, 9.17) is 10.5 Å². The Kier molecular flexibility index (Phi) is 3.15. The topological polar surface area (TPSA) is 35.2 Å². The van der Waals surface area contributed by atoms with E-state index in [9.17, 15) is 0 Å². The Labute approximate surface area is 117 Å². The highest BCUT2D eigenvalue weighted by atomic mass is 16.5. The minimum atomic E-state index is 0.104. The quantitative estimate of drug-likeness (QED) is 0.847. The highest BCUT2D eigenvalue weighted by molar-refractivity contribution is 4.99. The van der Waals surface area contributed by atoms with Gasteiger partial charge in [0.1, 0.15) is 0 Å². The van der Waals surface area contributed by atoms with Crippen LogP contribution in [0.15, 0.2) is 0 Å². The van der Waals surface area contributed by atoms with Crippen molar-refractivity contribution >= 4 is 0 Å². The molecule has 4 aliphatic carbocycles. The van der Waals surface area contributed by atoms with E-state index in [0.717, 1.165) is 55.6 Å². The molecule has 5 rings (SSSR count). The van der Waals surface area contributed by atoms with Crippen molar-refractivity contribution in [3.05, 3.63) is 0 Å². The van der Waals surface area contributed by atoms with Gasteiger partial charge in [0.25, 0.3) is 0 Å². The zero-order valence-electron chi connectivity index (χ0n) is 12.2. The molecule has 19 heavy (non-hydrogen) atoms. The van der Waals surface area contributed by atoms with Crippen LogP contribution in [0, 0.1) is 29.6 Å². The predicted octanol–water partition coefficient (Wildman–Crippen LogP) is 3.35. The molecule has 2 nitrogen and oxygen atoms in total. The smallest absolute Gasteiger partial charge is 0.0483 e. The molecule has 0 amide bonds. The molecule has 4 saturated carbocycles. The van der Waals surface area contributed by atoms with Crippen molar-refractivity contribution in [2.75, 3.05) is 13.2 Å². The van der Waals surface area contributed by atoms with Crippen molar-refractivity contribution in [3.63, 3.8) is 0 Å². The van der Waals surface area contributed by atoms with Crippen LogP contribution >= 0.6 is 0 Å². The summed E-state index contributed by atoms with van der Waals surface area (Å²) in [5, 5.41) is 0. The first kappa shape index (κ1) is 12.6. The van der Waals surface area contributed by atoms with E-state index in [0.29, 0.717) is 0 Å². The summed E-state index contributed by atoms with van der Waals surface area (Å²) in [6, 6.07) is 0. The Morgan fingerprint density at radius 2 is 1.47 bits per heavy atom. The van der Waals surface area contributed by atoms with E-state index in [2.05, 4.69) is 0 Å². The van der Waals surface area contributed by atoms with E-state index in [-0.39, 0.29) is 5.54 Å². The van der Waals surface area contributed by atoms with Gasteiger partial charge in [-0.25, -0.2) is 0 Å². The number of ether oxygens (including phenoxy) is 1. The van der Waals surface area contributed by atoms with Crippen molar-refractivity contribution in [1.82, 2.24) is 0 Å². The predicted molar refractivity (Wildman–Crippen MR) is 76.7 cm³/mol. The Morgan fingerprint density at radius 3 is 2.05 bits per heavy atom. The molecule has 0 aromatic carbocycles. The largest absolute Gasteiger partial charge is 0.381 e. The maximum absolute atomic E-state index is 6.58. The van der Waals surface area contributed by atoms with Crippen LogP contribution in [0.5, 0.6) is 0 Å². The second-order valence-electron chi connectivity index (χ2n) is 8.11. The molecular formula is C17H29NO. The molecule has 1 heterocycles. The number of hydrogen-bond acceptors (Lipinski definition) is 2. The van der Waals surface area contributed by atoms with Gasteiger partial charge in [0.2, 0.25) is 0 Å². The molecule has 0 aromatic heterocycles. The van der Waals surface area contributed by atoms with Gasteiger partial charge in [0.05, 0.1) is 0 Å². The van der Waals surface area contributed by atoms with E-state index < -0.39 is 0 Å². The zero-order chi connectivity index (χ0) is 12.9. The maximum atomic E-state index is 6.58. The first-order valence-corrected chi connectivity index (χ1v) is 8.58. The lowest BCUT2D eigenvalue weighted by atomic mass is 9.51. The Balaban J connectivity index is 1.38. The normalized spacial score (nSPS) is 47.5. The third-order valence-electron chi connectivity index (χ3n) is 6.89. The standard InChI is InChI=1S/C17H29NO/c18-17(3-5-19-6-4-17)2-1-16-14-8-12-7-13(10-14)11-15(16)9-12/h12-16H,1-11,18H2. The van der Waals surface area contributed by atoms with Gasteiger partial charge in [-0.15, -0.1) is 0 Å². The van der Waals surface area contributed by atoms with Crippen molar-refractivity contribution < 1.29 is 4.74 Å². The molecular weight excluding hydrogens is 234 g/mol. The molecule has 0 spiro atoms. The van der Waals surface area contributed by atoms with Gasteiger partial charge in [-0.2, -0.15) is 0 Å². The number of nitrogens with two attached hydrogens (primary N) is 1. The fourth-order valence-electron chi connectivity index (χ4n) is 5.99. The van der Waals surface area contributed by atoms with E-state index in [1.165, 1.54) is 12.8 Å². The van der Waals surface area contributed by atoms with Crippen LogP contribution in [-0.4, -0.2) is 18.8 Å². The highest BCUT2D eigenvalue weighted by Gasteiger charge is 2.48. The summed E-state index contributed by atoms with van der Waals surface area (Å²) in [5.74, 6) is 5.37. The minimum absolute atomic E-state index is 0.104. The van der Waals surface area contributed by atoms with Crippen molar-refractivity contribution in [2.45, 2.75) is 63.3 Å². The highest BCUT2D eigenvalue weighted by Crippen LogP contribution is 2.57. The summed E-state index contributed by atoms with van der Waals surface area (Å²) in [7, 11) is 0. The summed E-state index contributed by atoms with van der Waals surface area (Å²) in [4.78, 5) is 0. The summed E-state index contributed by atoms with van der Waals surface area (Å²) in [6.07, 6.45) is 12.6. The van der Waals surface area contributed by atoms with Crippen molar-refractivity contribution in [1.29, 1.82) is 0 Å². The van der Waals surface area contributed by atoms with Crippen LogP contribution in [-0.2, 0) is 4.74 Å². The van der Waals surface area contributed by atoms with E-state index in [1.807, 2.05) is 0 Å². The third kappa shape index (κ3) is 2.35. The summed E-state index contributed by atoms with van der Waals surface area (Å²) >= 11 is 0. The SMILES string of the molecule is NC1(CCC2C3CC4CC(C3)CC2C4)CCOCC1. The lowest BCUT2D eigenvalue weighted by molar-refractivity contribution is -0.0449. The summed E-state index contributed by atoms with van der Waals surface area (Å²) < 4.78 is 5.47. The van der Waals surface area contributed by atoms with Gasteiger partial charge in [-0.05, 0) is 87.4 Å². The average molecular weight is 263 g/mol. The molecule has 5 aliphatic rings. The maximum Gasteiger partial charge on any atom is 0.0483 e. The zero-order valence-corrected chi connectivity index (χ0v) is 12.2. The lowest BCUT2D eigenvalue weighted by Gasteiger charge is -2.55. The van der Waals surface area contributed by atoms with Crippen LogP contribution in [0.4, 0.5) is 0 Å². The van der Waals surface area contributed by atoms with Gasteiger partial charge in [0.15, 0.2) is 0 Å². The number of hydrogen-bond donors (Lipinski definition) is 1. The Morgan fingerprint density at radius 1 is 0.895 bits per heavy atom. The van der Waals surface area contributed by atoms with Gasteiger partial charge < -0.3 is 10.5 Å². The van der Waals surface area contributed by atoms with Crippen LogP contribution in [0.3, 0.4) is 0 Å². The monoisotopic (exact) mass is 263 g/mol. The third-order valence-corrected chi connectivity index (χ3v) is 6.89. The second kappa shape index (κ2) is 4.73. The van der Waals surface area contributed by atoms with E-state index >= 15 is 0 Å². The summed E-state index contributed by atoms with van der Waals surface area (Å²) in [5.41, 5.74) is 6.69. The van der Waals surface area contributed by atoms with Gasteiger partial charge in [-0.1, -0.05) is 0 Å². The molecule has 1 aliphatic heterocycles. The Bertz CT molecular complexity index is 306. The molecule has 108 valence electrons. The molecule has 4 bridgehead atoms. The molecule has 1 saturated heterocycles. The molecule has 0 aromatic rings. The molecule has 0 radical (unpaired) electrons. The molecule has 2 heteroatoms. The first-order valence-electron chi connectivity index (χ1n) is 8.58. The van der Waals surface area contributed by atoms with Gasteiger partial charge >= 0.3 is 0 Å². The van der Waals surface area contributed by atoms with Gasteiger partial charge in [0, 0.05) is 18.8 Å². The molecule has 2 N–H and O–H groups in total. The van der Waals surface area contributed by atoms with Crippen LogP contribution in [0.25, 0.3) is 0 Å². The fourth-order valence-corrected chi connectivity index (χ4v) is 5.99. The van der Waals surface area contributed by atoms with Crippen molar-refractivity contribution in [2.24, 2.45) is 35.3 Å². The Hall–Kier alpha value is -0.0800. The van der Waals surface area contributed by atoms with Gasteiger partial charge in [-0.3, -0.25) is 0 Å². The van der Waals surface area contributed by atoms with Crippen molar-refractivity contribution in [3.8, 4) is 0 Å². The molecule has 0 atom stereocenters. The molecule has 0 unspecified atom stereocenters. The van der Waals surface area contributed by atoms with E-state index in [1.54, 1.807) is 32.1 Å².